The molecule has 0 aromatic carbocycles. The first-order valence-electron chi connectivity index (χ1n) is 6.74. The third-order valence-electron chi connectivity index (χ3n) is 4.80. The zero-order chi connectivity index (χ0) is 11.9. The smallest absolute Gasteiger partial charge is 0.330 e. The monoisotopic (exact) mass is 236 g/mol. The summed E-state index contributed by atoms with van der Waals surface area (Å²) in [6.45, 7) is 4.02. The fourth-order valence-electron chi connectivity index (χ4n) is 4.08. The first-order valence-corrected chi connectivity index (χ1v) is 6.74. The van der Waals surface area contributed by atoms with Gasteiger partial charge in [0.1, 0.15) is 0 Å². The highest BCUT2D eigenvalue weighted by atomic mass is 16.5. The summed E-state index contributed by atoms with van der Waals surface area (Å²) in [6.07, 6.45) is 6.87. The molecule has 3 fully saturated rings. The molecule has 1 aliphatic heterocycles. The van der Waals surface area contributed by atoms with Crippen LogP contribution < -0.4 is 0 Å². The molecule has 2 saturated carbocycles. The molecule has 3 atom stereocenters. The fourth-order valence-corrected chi connectivity index (χ4v) is 4.08. The van der Waals surface area contributed by atoms with E-state index in [0.29, 0.717) is 23.9 Å². The molecule has 0 N–H and O–H groups in total. The lowest BCUT2D eigenvalue weighted by molar-refractivity contribution is -0.137. The largest absolute Gasteiger partial charge is 0.463 e. The van der Waals surface area contributed by atoms with E-state index in [1.54, 1.807) is 6.08 Å². The first-order chi connectivity index (χ1) is 8.28. The van der Waals surface area contributed by atoms with Crippen molar-refractivity contribution in [2.24, 2.45) is 17.3 Å². The number of rotatable bonds is 2. The molecular weight excluding hydrogens is 216 g/mol. The molecule has 0 amide bonds. The molecule has 0 unspecified atom stereocenters. The van der Waals surface area contributed by atoms with Crippen molar-refractivity contribution in [3.8, 4) is 0 Å². The molecule has 3 rings (SSSR count). The summed E-state index contributed by atoms with van der Waals surface area (Å²) in [6, 6.07) is 0. The summed E-state index contributed by atoms with van der Waals surface area (Å²) >= 11 is 0. The van der Waals surface area contributed by atoms with E-state index in [2.05, 4.69) is 0 Å². The fraction of sp³-hybridized carbons (Fsp3) is 0.786. The van der Waals surface area contributed by atoms with E-state index in [1.807, 2.05) is 6.92 Å². The van der Waals surface area contributed by atoms with Gasteiger partial charge >= 0.3 is 5.97 Å². The lowest BCUT2D eigenvalue weighted by Crippen LogP contribution is -2.52. The highest BCUT2D eigenvalue weighted by Crippen LogP contribution is 2.65. The summed E-state index contributed by atoms with van der Waals surface area (Å²) in [4.78, 5) is 11.6. The van der Waals surface area contributed by atoms with Gasteiger partial charge in [-0.15, -0.1) is 0 Å². The first kappa shape index (κ1) is 11.3. The van der Waals surface area contributed by atoms with Gasteiger partial charge in [0.15, 0.2) is 0 Å². The van der Waals surface area contributed by atoms with E-state index < -0.39 is 0 Å². The quantitative estimate of drug-likeness (QED) is 0.545. The number of carbonyl (C=O) groups is 1. The number of esters is 1. The molecule has 3 nitrogen and oxygen atoms in total. The van der Waals surface area contributed by atoms with Crippen LogP contribution in [0.5, 0.6) is 0 Å². The lowest BCUT2D eigenvalue weighted by Gasteiger charge is -2.56. The third kappa shape index (κ3) is 1.55. The van der Waals surface area contributed by atoms with Gasteiger partial charge in [-0.05, 0) is 25.7 Å². The Morgan fingerprint density at radius 3 is 3.24 bits per heavy atom. The Labute approximate surface area is 102 Å². The van der Waals surface area contributed by atoms with E-state index in [1.165, 1.54) is 31.3 Å². The van der Waals surface area contributed by atoms with Crippen molar-refractivity contribution in [2.45, 2.75) is 32.6 Å². The topological polar surface area (TPSA) is 35.5 Å². The summed E-state index contributed by atoms with van der Waals surface area (Å²) < 4.78 is 10.7. The standard InChI is InChI=1S/C14H20O3/c1-2-17-13(15)7-10-11-5-3-4-6-14(11)9-16-8-12(10)14/h7,11-12H,2-6,8-9H2,1H3/b10-7-/t11-,12-,14+/m0/s1. The van der Waals surface area contributed by atoms with Gasteiger partial charge in [0.25, 0.3) is 0 Å². The molecular formula is C14H20O3. The molecule has 0 aromatic heterocycles. The molecule has 17 heavy (non-hydrogen) atoms. The minimum atomic E-state index is -0.173. The van der Waals surface area contributed by atoms with Crippen molar-refractivity contribution in [3.05, 3.63) is 11.6 Å². The van der Waals surface area contributed by atoms with E-state index in [4.69, 9.17) is 9.47 Å². The van der Waals surface area contributed by atoms with Crippen molar-refractivity contribution >= 4 is 5.97 Å². The van der Waals surface area contributed by atoms with Crippen LogP contribution in [-0.2, 0) is 14.3 Å². The van der Waals surface area contributed by atoms with Gasteiger partial charge in [-0.2, -0.15) is 0 Å². The van der Waals surface area contributed by atoms with Crippen LogP contribution in [0, 0.1) is 17.3 Å². The van der Waals surface area contributed by atoms with Crippen LogP contribution in [0.3, 0.4) is 0 Å². The van der Waals surface area contributed by atoms with Crippen molar-refractivity contribution in [3.63, 3.8) is 0 Å². The number of carbonyl (C=O) groups excluding carboxylic acids is 1. The van der Waals surface area contributed by atoms with E-state index in [-0.39, 0.29) is 5.97 Å². The van der Waals surface area contributed by atoms with Crippen LogP contribution in [0.4, 0.5) is 0 Å². The molecule has 2 aliphatic carbocycles. The Balaban J connectivity index is 1.81. The lowest BCUT2D eigenvalue weighted by atomic mass is 9.46. The van der Waals surface area contributed by atoms with E-state index >= 15 is 0 Å². The maximum atomic E-state index is 11.6. The molecule has 3 aliphatic rings. The van der Waals surface area contributed by atoms with Gasteiger partial charge in [0, 0.05) is 17.4 Å². The Bertz CT molecular complexity index is 360. The summed E-state index contributed by atoms with van der Waals surface area (Å²) in [7, 11) is 0. The molecule has 0 bridgehead atoms. The Kier molecular flexibility index (Phi) is 2.74. The molecule has 1 heterocycles. The molecule has 94 valence electrons. The van der Waals surface area contributed by atoms with Crippen LogP contribution in [0.2, 0.25) is 0 Å². The Hall–Kier alpha value is -0.830. The summed E-state index contributed by atoms with van der Waals surface area (Å²) in [5.74, 6) is 0.916. The van der Waals surface area contributed by atoms with Crippen molar-refractivity contribution in [1.82, 2.24) is 0 Å². The van der Waals surface area contributed by atoms with Crippen LogP contribution in [0.1, 0.15) is 32.6 Å². The van der Waals surface area contributed by atoms with E-state index in [9.17, 15) is 4.79 Å². The maximum absolute atomic E-state index is 11.6. The van der Waals surface area contributed by atoms with Crippen LogP contribution in [-0.4, -0.2) is 25.8 Å². The Morgan fingerprint density at radius 2 is 2.41 bits per heavy atom. The Morgan fingerprint density at radius 1 is 1.53 bits per heavy atom. The minimum absolute atomic E-state index is 0.173. The minimum Gasteiger partial charge on any atom is -0.463 e. The second-order valence-electron chi connectivity index (χ2n) is 5.50. The van der Waals surface area contributed by atoms with Crippen molar-refractivity contribution in [2.75, 3.05) is 19.8 Å². The molecule has 3 heteroatoms. The van der Waals surface area contributed by atoms with Gasteiger partial charge in [0.2, 0.25) is 0 Å². The zero-order valence-electron chi connectivity index (χ0n) is 10.4. The molecule has 1 saturated heterocycles. The van der Waals surface area contributed by atoms with Crippen molar-refractivity contribution < 1.29 is 14.3 Å². The van der Waals surface area contributed by atoms with Gasteiger partial charge in [-0.3, -0.25) is 0 Å². The van der Waals surface area contributed by atoms with Gasteiger partial charge in [-0.25, -0.2) is 4.79 Å². The average Bonchev–Trinajstić information content (AvgIpc) is 2.64. The number of ether oxygens (including phenoxy) is 2. The molecule has 0 aromatic rings. The van der Waals surface area contributed by atoms with Gasteiger partial charge in [0.05, 0.1) is 19.8 Å². The second kappa shape index (κ2) is 4.13. The third-order valence-corrected chi connectivity index (χ3v) is 4.80. The second-order valence-corrected chi connectivity index (χ2v) is 5.50. The summed E-state index contributed by atoms with van der Waals surface area (Å²) in [5, 5.41) is 0. The normalized spacial score (nSPS) is 41.6. The van der Waals surface area contributed by atoms with E-state index in [0.717, 1.165) is 13.2 Å². The van der Waals surface area contributed by atoms with Crippen LogP contribution in [0.15, 0.2) is 11.6 Å². The highest BCUT2D eigenvalue weighted by molar-refractivity contribution is 5.83. The highest BCUT2D eigenvalue weighted by Gasteiger charge is 2.61. The van der Waals surface area contributed by atoms with Crippen LogP contribution in [0.25, 0.3) is 0 Å². The SMILES string of the molecule is CCOC(=O)/C=C1/[C@@H]2CCCC[C@@]23COC[C@@H]13. The summed E-state index contributed by atoms with van der Waals surface area (Å²) in [5.41, 5.74) is 1.69. The zero-order valence-corrected chi connectivity index (χ0v) is 10.4. The number of hydrogen-bond donors (Lipinski definition) is 0. The predicted molar refractivity (Wildman–Crippen MR) is 63.4 cm³/mol. The van der Waals surface area contributed by atoms with Gasteiger partial charge < -0.3 is 9.47 Å². The van der Waals surface area contributed by atoms with Crippen LogP contribution >= 0.6 is 0 Å². The molecule has 1 spiro atoms. The molecule has 0 radical (unpaired) electrons. The predicted octanol–water partition coefficient (Wildman–Crippen LogP) is 2.31. The maximum Gasteiger partial charge on any atom is 0.330 e. The average molecular weight is 236 g/mol. The number of hydrogen-bond acceptors (Lipinski definition) is 3. The van der Waals surface area contributed by atoms with Crippen molar-refractivity contribution in [1.29, 1.82) is 0 Å². The van der Waals surface area contributed by atoms with Gasteiger partial charge in [-0.1, -0.05) is 18.4 Å².